The van der Waals surface area contributed by atoms with Crippen LogP contribution in [0.4, 0.5) is 0 Å². The highest BCUT2D eigenvalue weighted by Crippen LogP contribution is 2.23. The molecule has 3 N–H and O–H groups in total. The van der Waals surface area contributed by atoms with Crippen molar-refractivity contribution in [3.05, 3.63) is 0 Å². The summed E-state index contributed by atoms with van der Waals surface area (Å²) in [6, 6.07) is 0. The third-order valence-corrected chi connectivity index (χ3v) is 6.20. The fourth-order valence-electron chi connectivity index (χ4n) is 3.66. The molecule has 2 aliphatic rings. The summed E-state index contributed by atoms with van der Waals surface area (Å²) < 4.78 is 16.7. The van der Waals surface area contributed by atoms with Gasteiger partial charge in [0.1, 0.15) is 0 Å². The minimum atomic E-state index is -0.861. The molecule has 31 heavy (non-hydrogen) atoms. The van der Waals surface area contributed by atoms with E-state index in [1.807, 2.05) is 13.8 Å². The Morgan fingerprint density at radius 2 is 1.77 bits per heavy atom. The van der Waals surface area contributed by atoms with Gasteiger partial charge in [-0.3, -0.25) is 14.9 Å². The summed E-state index contributed by atoms with van der Waals surface area (Å²) in [5.74, 6) is -0.219. The molecule has 2 heterocycles. The van der Waals surface area contributed by atoms with E-state index in [1.54, 1.807) is 13.8 Å². The lowest BCUT2D eigenvalue weighted by Crippen LogP contribution is -2.54. The zero-order chi connectivity index (χ0) is 22.9. The topological polar surface area (TPSA) is 110 Å². The highest BCUT2D eigenvalue weighted by atomic mass is 16.7. The molecule has 0 spiro atoms. The van der Waals surface area contributed by atoms with Crippen molar-refractivity contribution in [2.24, 2.45) is 11.3 Å². The normalized spacial score (nSPS) is 21.0. The third kappa shape index (κ3) is 8.96. The number of rotatable bonds is 11. The number of carbonyl (C=O) groups excluding carboxylic acids is 2. The zero-order valence-electron chi connectivity index (χ0n) is 19.7. The Labute approximate surface area is 186 Å². The number of nitrogens with one attached hydrogen (secondary N) is 3. The predicted molar refractivity (Wildman–Crippen MR) is 119 cm³/mol. The highest BCUT2D eigenvalue weighted by Gasteiger charge is 2.31. The molecule has 1 atom stereocenters. The van der Waals surface area contributed by atoms with Gasteiger partial charge in [0.05, 0.1) is 18.6 Å². The van der Waals surface area contributed by atoms with E-state index < -0.39 is 16.9 Å². The van der Waals surface area contributed by atoms with Gasteiger partial charge in [-0.05, 0) is 64.8 Å². The fraction of sp³-hybridized carbons (Fsp3) is 0.870. The summed E-state index contributed by atoms with van der Waals surface area (Å²) in [4.78, 5) is 25.0. The summed E-state index contributed by atoms with van der Waals surface area (Å²) in [5, 5.41) is 14.1. The van der Waals surface area contributed by atoms with E-state index >= 15 is 0 Å². The van der Waals surface area contributed by atoms with Crippen LogP contribution in [0.15, 0.2) is 0 Å². The van der Waals surface area contributed by atoms with Gasteiger partial charge >= 0.3 is 0 Å². The number of hydrogen-bond acceptors (Lipinski definition) is 7. The van der Waals surface area contributed by atoms with Crippen molar-refractivity contribution in [1.29, 1.82) is 5.41 Å². The van der Waals surface area contributed by atoms with E-state index in [2.05, 4.69) is 10.6 Å². The number of ether oxygens (including phenoxy) is 3. The Morgan fingerprint density at radius 3 is 2.42 bits per heavy atom. The predicted octanol–water partition coefficient (Wildman–Crippen LogP) is 2.79. The summed E-state index contributed by atoms with van der Waals surface area (Å²) in [6.07, 6.45) is 5.71. The summed E-state index contributed by atoms with van der Waals surface area (Å²) in [5.41, 5.74) is -1.24. The van der Waals surface area contributed by atoms with Crippen LogP contribution >= 0.6 is 0 Å². The van der Waals surface area contributed by atoms with Gasteiger partial charge in [0.15, 0.2) is 6.29 Å². The maximum atomic E-state index is 12.6. The second kappa shape index (κ2) is 12.0. The third-order valence-electron chi connectivity index (χ3n) is 6.20. The lowest BCUT2D eigenvalue weighted by Gasteiger charge is -2.30. The van der Waals surface area contributed by atoms with Crippen LogP contribution in [0, 0.1) is 16.7 Å². The maximum absolute atomic E-state index is 12.6. The molecule has 178 valence electrons. The Kier molecular flexibility index (Phi) is 10.1. The molecule has 0 aliphatic carbocycles. The average Bonchev–Trinajstić information content (AvgIpc) is 2.73. The van der Waals surface area contributed by atoms with Gasteiger partial charge < -0.3 is 24.9 Å². The van der Waals surface area contributed by atoms with Gasteiger partial charge in [0.25, 0.3) is 0 Å². The van der Waals surface area contributed by atoms with E-state index in [1.165, 1.54) is 0 Å². The first kappa shape index (κ1) is 25.9. The van der Waals surface area contributed by atoms with Crippen molar-refractivity contribution in [3.63, 3.8) is 0 Å². The monoisotopic (exact) mass is 439 g/mol. The summed E-state index contributed by atoms with van der Waals surface area (Å²) >= 11 is 0. The number of imide groups is 1. The molecule has 8 heteroatoms. The Balaban J connectivity index is 1.71. The first-order valence-corrected chi connectivity index (χ1v) is 11.6. The van der Waals surface area contributed by atoms with Crippen LogP contribution in [0.1, 0.15) is 72.6 Å². The molecule has 2 amide bonds. The smallest absolute Gasteiger partial charge is 0.246 e. The average molecular weight is 440 g/mol. The molecule has 0 bridgehead atoms. The number of carbonyl (C=O) groups is 2. The standard InChI is InChI=1S/C23H41N3O5/c1-22(2,16-31-20-7-5-6-12-30-20)18(24)15-19(27)26-21(28)23(3,4)25-11-8-17-9-13-29-14-10-17/h17,20,24-25H,5-16H2,1-4H3,(H,26,27,28). The lowest BCUT2D eigenvalue weighted by atomic mass is 9.86. The van der Waals surface area contributed by atoms with Crippen LogP contribution in [0.3, 0.4) is 0 Å². The highest BCUT2D eigenvalue weighted by molar-refractivity contribution is 6.08. The maximum Gasteiger partial charge on any atom is 0.246 e. The van der Waals surface area contributed by atoms with Crippen LogP contribution in [-0.2, 0) is 23.8 Å². The number of hydrogen-bond donors (Lipinski definition) is 3. The molecule has 2 aliphatic heterocycles. The summed E-state index contributed by atoms with van der Waals surface area (Å²) in [6.45, 7) is 10.6. The number of amides is 2. The molecule has 2 rings (SSSR count). The van der Waals surface area contributed by atoms with Crippen LogP contribution in [0.25, 0.3) is 0 Å². The van der Waals surface area contributed by atoms with Gasteiger partial charge in [-0.15, -0.1) is 0 Å². The molecule has 0 aromatic carbocycles. The molecule has 0 aromatic rings. The Hall–Kier alpha value is -1.35. The van der Waals surface area contributed by atoms with Crippen molar-refractivity contribution in [2.75, 3.05) is 33.0 Å². The molecule has 0 aromatic heterocycles. The van der Waals surface area contributed by atoms with Crippen molar-refractivity contribution in [1.82, 2.24) is 10.6 Å². The van der Waals surface area contributed by atoms with Gasteiger partial charge in [-0.2, -0.15) is 0 Å². The minimum Gasteiger partial charge on any atom is -0.381 e. The largest absolute Gasteiger partial charge is 0.381 e. The minimum absolute atomic E-state index is 0.133. The van der Waals surface area contributed by atoms with Crippen molar-refractivity contribution < 1.29 is 23.8 Å². The van der Waals surface area contributed by atoms with Crippen LogP contribution in [-0.4, -0.2) is 62.3 Å². The SMILES string of the molecule is CC(C)(COC1CCCCO1)C(=N)CC(=O)NC(=O)C(C)(C)NCCC1CCOCC1. The molecule has 1 unspecified atom stereocenters. The van der Waals surface area contributed by atoms with Gasteiger partial charge in [0, 0.05) is 30.9 Å². The zero-order valence-corrected chi connectivity index (χ0v) is 19.7. The van der Waals surface area contributed by atoms with Gasteiger partial charge in [-0.25, -0.2) is 0 Å². The van der Waals surface area contributed by atoms with Gasteiger partial charge in [0.2, 0.25) is 11.8 Å². The molecule has 2 fully saturated rings. The first-order chi connectivity index (χ1) is 14.6. The quantitative estimate of drug-likeness (QED) is 0.427. The van der Waals surface area contributed by atoms with Crippen LogP contribution in [0.2, 0.25) is 0 Å². The second-order valence-corrected chi connectivity index (χ2v) is 9.92. The Bertz CT molecular complexity index is 608. The van der Waals surface area contributed by atoms with Crippen LogP contribution < -0.4 is 10.6 Å². The van der Waals surface area contributed by atoms with E-state index in [0.717, 1.165) is 51.7 Å². The second-order valence-electron chi connectivity index (χ2n) is 9.92. The van der Waals surface area contributed by atoms with E-state index in [-0.39, 0.29) is 24.3 Å². The van der Waals surface area contributed by atoms with E-state index in [4.69, 9.17) is 19.6 Å². The fourth-order valence-corrected chi connectivity index (χ4v) is 3.66. The lowest BCUT2D eigenvalue weighted by molar-refractivity contribution is -0.171. The van der Waals surface area contributed by atoms with E-state index in [9.17, 15) is 9.59 Å². The molecule has 0 radical (unpaired) electrons. The van der Waals surface area contributed by atoms with Crippen LogP contribution in [0.5, 0.6) is 0 Å². The van der Waals surface area contributed by atoms with Crippen molar-refractivity contribution in [3.8, 4) is 0 Å². The molecule has 8 nitrogen and oxygen atoms in total. The van der Waals surface area contributed by atoms with Gasteiger partial charge in [-0.1, -0.05) is 13.8 Å². The summed E-state index contributed by atoms with van der Waals surface area (Å²) in [7, 11) is 0. The molecule has 2 saturated heterocycles. The first-order valence-electron chi connectivity index (χ1n) is 11.6. The molecular formula is C23H41N3O5. The van der Waals surface area contributed by atoms with E-state index in [0.29, 0.717) is 25.7 Å². The van der Waals surface area contributed by atoms with Crippen molar-refractivity contribution >= 4 is 17.5 Å². The Morgan fingerprint density at radius 1 is 1.06 bits per heavy atom. The molecular weight excluding hydrogens is 398 g/mol. The molecule has 0 saturated carbocycles. The van der Waals surface area contributed by atoms with Crippen molar-refractivity contribution in [2.45, 2.75) is 84.5 Å².